The lowest BCUT2D eigenvalue weighted by Gasteiger charge is -2.40. The van der Waals surface area contributed by atoms with E-state index in [1.165, 1.54) is 44.9 Å². The van der Waals surface area contributed by atoms with Gasteiger partial charge in [0.1, 0.15) is 18.8 Å². The van der Waals surface area contributed by atoms with Gasteiger partial charge in [0.25, 0.3) is 0 Å². The number of carbonyl (C=O) groups excluding carboxylic acids is 3. The van der Waals surface area contributed by atoms with E-state index in [-0.39, 0.29) is 25.9 Å². The fourth-order valence-corrected chi connectivity index (χ4v) is 8.40. The predicted molar refractivity (Wildman–Crippen MR) is 294 cm³/mol. The van der Waals surface area contributed by atoms with Gasteiger partial charge < -0.3 is 39.0 Å². The van der Waals surface area contributed by atoms with E-state index in [9.17, 15) is 34.5 Å². The molecule has 0 radical (unpaired) electrons. The second-order valence-electron chi connectivity index (χ2n) is 19.5. The van der Waals surface area contributed by atoms with Gasteiger partial charge in [0, 0.05) is 19.3 Å². The van der Waals surface area contributed by atoms with E-state index in [0.717, 1.165) is 135 Å². The molecule has 1 aliphatic rings. The van der Waals surface area contributed by atoms with Gasteiger partial charge in [-0.3, -0.25) is 14.4 Å². The van der Waals surface area contributed by atoms with Gasteiger partial charge in [-0.2, -0.15) is 0 Å². The number of aliphatic hydroxyl groups excluding tert-OH is 2. The van der Waals surface area contributed by atoms with Crippen molar-refractivity contribution in [2.75, 3.05) is 13.2 Å². The molecule has 73 heavy (non-hydrogen) atoms. The average molecular weight is 1030 g/mol. The van der Waals surface area contributed by atoms with Crippen LogP contribution < -0.4 is 0 Å². The fraction of sp³-hybridized carbons (Fsp3) is 0.738. The molecule has 1 heterocycles. The standard InChI is InChI=1S/C61H102O12/c1-4-7-10-13-16-19-22-24-26-27-29-30-33-35-38-41-44-47-53(62)69-50-52(71-54(63)48-45-42-39-37-34-31-28-25-23-20-17-14-11-8-5-2)51-70-61-59(57(66)56(65)58(73-61)60(67)68)72-55(64)49-46-43-40-36-32-21-18-15-12-9-6-3/h7-8,10-11,16-17,19-20,24-26,28,52,56-59,61,65-66H,4-6,9,12-15,18,21-23,27,29-51H2,1-3H3,(H,67,68)/b10-7-,11-8-,19-16-,20-17-,26-24-,28-25-. The minimum atomic E-state index is -1.91. The number of rotatable bonds is 48. The minimum absolute atomic E-state index is 0.0579. The summed E-state index contributed by atoms with van der Waals surface area (Å²) in [6.45, 7) is 5.73. The van der Waals surface area contributed by atoms with E-state index in [1.807, 2.05) is 0 Å². The molecule has 0 aliphatic carbocycles. The Hall–Kier alpha value is -3.84. The molecule has 12 nitrogen and oxygen atoms in total. The summed E-state index contributed by atoms with van der Waals surface area (Å²) < 4.78 is 28.4. The highest BCUT2D eigenvalue weighted by molar-refractivity contribution is 5.74. The molecule has 0 spiro atoms. The van der Waals surface area contributed by atoms with Crippen LogP contribution in [-0.4, -0.2) is 89.2 Å². The number of hydrogen-bond donors (Lipinski definition) is 3. The Balaban J connectivity index is 2.71. The number of ether oxygens (including phenoxy) is 5. The molecule has 12 heteroatoms. The lowest BCUT2D eigenvalue weighted by Crippen LogP contribution is -2.61. The first-order valence-electron chi connectivity index (χ1n) is 28.9. The molecule has 0 aromatic heterocycles. The Morgan fingerprint density at radius 3 is 1.32 bits per heavy atom. The molecule has 0 bridgehead atoms. The van der Waals surface area contributed by atoms with Gasteiger partial charge in [-0.25, -0.2) is 4.79 Å². The van der Waals surface area contributed by atoms with Crippen molar-refractivity contribution in [1.82, 2.24) is 0 Å². The van der Waals surface area contributed by atoms with Crippen LogP contribution in [0.3, 0.4) is 0 Å². The first-order chi connectivity index (χ1) is 35.6. The Morgan fingerprint density at radius 2 is 0.863 bits per heavy atom. The van der Waals surface area contributed by atoms with Crippen LogP contribution in [0.1, 0.15) is 239 Å². The zero-order valence-electron chi connectivity index (χ0n) is 45.9. The third-order valence-corrected chi connectivity index (χ3v) is 12.8. The molecule has 3 N–H and O–H groups in total. The summed E-state index contributed by atoms with van der Waals surface area (Å²) in [6.07, 6.45) is 48.8. The average Bonchev–Trinajstić information content (AvgIpc) is 3.37. The van der Waals surface area contributed by atoms with Crippen LogP contribution in [0.5, 0.6) is 0 Å². The van der Waals surface area contributed by atoms with E-state index in [2.05, 4.69) is 93.7 Å². The van der Waals surface area contributed by atoms with Crippen LogP contribution in [0.4, 0.5) is 0 Å². The van der Waals surface area contributed by atoms with Gasteiger partial charge in [-0.15, -0.1) is 0 Å². The van der Waals surface area contributed by atoms with Gasteiger partial charge >= 0.3 is 23.9 Å². The summed E-state index contributed by atoms with van der Waals surface area (Å²) in [5.41, 5.74) is 0. The summed E-state index contributed by atoms with van der Waals surface area (Å²) in [5, 5.41) is 31.4. The first-order valence-corrected chi connectivity index (χ1v) is 28.9. The van der Waals surface area contributed by atoms with E-state index in [0.29, 0.717) is 19.3 Å². The summed E-state index contributed by atoms with van der Waals surface area (Å²) in [5.74, 6) is -3.15. The van der Waals surface area contributed by atoms with E-state index in [4.69, 9.17) is 23.7 Å². The molecule has 0 aromatic rings. The van der Waals surface area contributed by atoms with Crippen LogP contribution in [0, 0.1) is 0 Å². The molecule has 0 saturated carbocycles. The topological polar surface area (TPSA) is 175 Å². The van der Waals surface area contributed by atoms with Crippen LogP contribution in [0.2, 0.25) is 0 Å². The number of allylic oxidation sites excluding steroid dienone is 12. The van der Waals surface area contributed by atoms with Crippen molar-refractivity contribution < 1.29 is 58.2 Å². The van der Waals surface area contributed by atoms with Gasteiger partial charge in [0.2, 0.25) is 0 Å². The number of esters is 3. The maximum Gasteiger partial charge on any atom is 0.335 e. The van der Waals surface area contributed by atoms with Crippen molar-refractivity contribution in [2.45, 2.75) is 276 Å². The highest BCUT2D eigenvalue weighted by Crippen LogP contribution is 2.26. The molecular weight excluding hydrogens is 925 g/mol. The van der Waals surface area contributed by atoms with Gasteiger partial charge in [-0.1, -0.05) is 209 Å². The molecule has 0 amide bonds. The summed E-state index contributed by atoms with van der Waals surface area (Å²) in [7, 11) is 0. The summed E-state index contributed by atoms with van der Waals surface area (Å²) >= 11 is 0. The number of hydrogen-bond acceptors (Lipinski definition) is 11. The second kappa shape index (κ2) is 49.1. The lowest BCUT2D eigenvalue weighted by molar-refractivity contribution is -0.301. The van der Waals surface area contributed by atoms with Crippen LogP contribution in [0.25, 0.3) is 0 Å². The van der Waals surface area contributed by atoms with E-state index in [1.54, 1.807) is 0 Å². The quantitative estimate of drug-likeness (QED) is 0.0228. The fourth-order valence-electron chi connectivity index (χ4n) is 8.40. The number of unbranched alkanes of at least 4 members (excludes halogenated alkanes) is 22. The molecule has 1 fully saturated rings. The predicted octanol–water partition coefficient (Wildman–Crippen LogP) is 14.6. The van der Waals surface area contributed by atoms with Gasteiger partial charge in [-0.05, 0) is 83.5 Å². The number of carbonyl (C=O) groups is 4. The Labute approximate surface area is 442 Å². The maximum absolute atomic E-state index is 13.1. The minimum Gasteiger partial charge on any atom is -0.479 e. The second-order valence-corrected chi connectivity index (χ2v) is 19.5. The van der Waals surface area contributed by atoms with Crippen molar-refractivity contribution in [1.29, 1.82) is 0 Å². The number of carboxylic acid groups (broad SMARTS) is 1. The van der Waals surface area contributed by atoms with Crippen molar-refractivity contribution in [3.8, 4) is 0 Å². The highest BCUT2D eigenvalue weighted by atomic mass is 16.7. The van der Waals surface area contributed by atoms with Crippen molar-refractivity contribution in [2.24, 2.45) is 0 Å². The SMILES string of the molecule is CC/C=C\C/C=C\C/C=C\CCCCCCCCCC(=O)OCC(COC1OC(C(=O)O)C(O)C(O)C1OC(=O)CCCCCCCCCCCCC)OC(=O)CCCCCCC/C=C\C/C=C\C/C=C\CC. The summed E-state index contributed by atoms with van der Waals surface area (Å²) in [6, 6.07) is 0. The Kier molecular flexibility index (Phi) is 45.1. The van der Waals surface area contributed by atoms with Gasteiger partial charge in [0.05, 0.1) is 6.61 Å². The lowest BCUT2D eigenvalue weighted by atomic mass is 9.98. The normalized spacial score (nSPS) is 18.8. The van der Waals surface area contributed by atoms with Crippen LogP contribution >= 0.6 is 0 Å². The van der Waals surface area contributed by atoms with Crippen molar-refractivity contribution in [3.63, 3.8) is 0 Å². The van der Waals surface area contributed by atoms with Gasteiger partial charge in [0.15, 0.2) is 24.6 Å². The number of aliphatic carboxylic acids is 1. The Morgan fingerprint density at radius 1 is 0.466 bits per heavy atom. The monoisotopic (exact) mass is 1030 g/mol. The molecule has 1 aliphatic heterocycles. The largest absolute Gasteiger partial charge is 0.479 e. The molecule has 6 atom stereocenters. The molecular formula is C61H102O12. The van der Waals surface area contributed by atoms with Crippen LogP contribution in [-0.2, 0) is 42.9 Å². The molecule has 418 valence electrons. The first kappa shape index (κ1) is 67.2. The number of carboxylic acids is 1. The van der Waals surface area contributed by atoms with E-state index >= 15 is 0 Å². The highest BCUT2D eigenvalue weighted by Gasteiger charge is 2.50. The molecule has 6 unspecified atom stereocenters. The number of aliphatic hydroxyl groups is 2. The zero-order chi connectivity index (χ0) is 53.3. The maximum atomic E-state index is 13.1. The Bertz CT molecular complexity index is 1550. The van der Waals surface area contributed by atoms with Crippen molar-refractivity contribution in [3.05, 3.63) is 72.9 Å². The zero-order valence-corrected chi connectivity index (χ0v) is 45.9. The van der Waals surface area contributed by atoms with Crippen molar-refractivity contribution >= 4 is 23.9 Å². The molecule has 0 aromatic carbocycles. The molecule has 1 rings (SSSR count). The third kappa shape index (κ3) is 39.3. The third-order valence-electron chi connectivity index (χ3n) is 12.8. The smallest absolute Gasteiger partial charge is 0.335 e. The summed E-state index contributed by atoms with van der Waals surface area (Å²) in [4.78, 5) is 51.0. The van der Waals surface area contributed by atoms with Crippen LogP contribution in [0.15, 0.2) is 72.9 Å². The molecule has 1 saturated heterocycles. The van der Waals surface area contributed by atoms with E-state index < -0.39 is 67.3 Å².